The molecule has 0 spiro atoms. The van der Waals surface area contributed by atoms with Crippen LogP contribution in [0.2, 0.25) is 0 Å². The summed E-state index contributed by atoms with van der Waals surface area (Å²) in [5.74, 6) is -0.0486. The van der Waals surface area contributed by atoms with Crippen LogP contribution in [0.5, 0.6) is 0 Å². The smallest absolute Gasteiger partial charge is 0.401 e. The summed E-state index contributed by atoms with van der Waals surface area (Å²) >= 11 is 0. The summed E-state index contributed by atoms with van der Waals surface area (Å²) in [7, 11) is 0. The molecule has 0 saturated heterocycles. The van der Waals surface area contributed by atoms with Crippen LogP contribution in [0.3, 0.4) is 0 Å². The van der Waals surface area contributed by atoms with Crippen molar-refractivity contribution >= 4 is 5.84 Å². The maximum absolute atomic E-state index is 12.3. The van der Waals surface area contributed by atoms with Gasteiger partial charge in [0.1, 0.15) is 5.84 Å². The minimum atomic E-state index is -4.23. The summed E-state index contributed by atoms with van der Waals surface area (Å²) in [4.78, 5) is 1.28. The lowest BCUT2D eigenvalue weighted by atomic mass is 10.1. The molecule has 0 fully saturated rings. The maximum atomic E-state index is 12.3. The molecule has 0 aliphatic carbocycles. The lowest BCUT2D eigenvalue weighted by Gasteiger charge is -2.30. The van der Waals surface area contributed by atoms with Crippen molar-refractivity contribution in [2.24, 2.45) is 10.9 Å². The van der Waals surface area contributed by atoms with E-state index in [9.17, 15) is 13.2 Å². The van der Waals surface area contributed by atoms with E-state index in [1.54, 1.807) is 13.8 Å². The number of hydrogen-bond acceptors (Lipinski definition) is 3. The lowest BCUT2D eigenvalue weighted by Crippen LogP contribution is -2.43. The monoisotopic (exact) mass is 241 g/mol. The first-order valence-corrected chi connectivity index (χ1v) is 5.11. The van der Waals surface area contributed by atoms with Crippen LogP contribution in [0.1, 0.15) is 26.7 Å². The molecule has 0 rings (SSSR count). The number of alkyl halides is 3. The highest BCUT2D eigenvalue weighted by Crippen LogP contribution is 2.20. The summed E-state index contributed by atoms with van der Waals surface area (Å²) in [6, 6.07) is -0.359. The molecule has 0 aromatic rings. The summed E-state index contributed by atoms with van der Waals surface area (Å²) < 4.78 is 36.8. The average molecular weight is 241 g/mol. The first kappa shape index (κ1) is 15.0. The van der Waals surface area contributed by atoms with Crippen molar-refractivity contribution in [3.63, 3.8) is 0 Å². The molecule has 0 saturated carbocycles. The molecule has 1 atom stereocenters. The number of halogens is 3. The van der Waals surface area contributed by atoms with Gasteiger partial charge in [-0.15, -0.1) is 0 Å². The lowest BCUT2D eigenvalue weighted by molar-refractivity contribution is -0.150. The number of amidine groups is 1. The van der Waals surface area contributed by atoms with Crippen LogP contribution in [-0.4, -0.2) is 41.3 Å². The molecular weight excluding hydrogens is 223 g/mol. The molecule has 96 valence electrons. The molecule has 0 radical (unpaired) electrons. The van der Waals surface area contributed by atoms with E-state index in [2.05, 4.69) is 5.16 Å². The summed E-state index contributed by atoms with van der Waals surface area (Å²) in [5.41, 5.74) is 5.30. The van der Waals surface area contributed by atoms with Crippen molar-refractivity contribution in [2.45, 2.75) is 38.9 Å². The van der Waals surface area contributed by atoms with Gasteiger partial charge in [0.25, 0.3) is 0 Å². The maximum Gasteiger partial charge on any atom is 0.401 e. The molecule has 0 heterocycles. The number of nitrogens with zero attached hydrogens (tertiary/aromatic N) is 2. The van der Waals surface area contributed by atoms with Gasteiger partial charge in [0.2, 0.25) is 0 Å². The Morgan fingerprint density at radius 1 is 1.44 bits per heavy atom. The third-order valence-corrected chi connectivity index (χ3v) is 2.35. The van der Waals surface area contributed by atoms with Gasteiger partial charge in [0.05, 0.1) is 6.54 Å². The zero-order chi connectivity index (χ0) is 12.8. The van der Waals surface area contributed by atoms with Crippen molar-refractivity contribution in [2.75, 3.05) is 13.1 Å². The minimum Gasteiger partial charge on any atom is -0.409 e. The predicted octanol–water partition coefficient (Wildman–Crippen LogP) is 1.79. The van der Waals surface area contributed by atoms with E-state index in [-0.39, 0.29) is 24.8 Å². The highest BCUT2D eigenvalue weighted by Gasteiger charge is 2.32. The van der Waals surface area contributed by atoms with Gasteiger partial charge in [-0.2, -0.15) is 13.2 Å². The SMILES string of the molecule is CCC(CC(N)=NO)N(CC)CC(F)(F)F. The highest BCUT2D eigenvalue weighted by atomic mass is 19.4. The fourth-order valence-electron chi connectivity index (χ4n) is 1.54. The Morgan fingerprint density at radius 3 is 2.31 bits per heavy atom. The quantitative estimate of drug-likeness (QED) is 0.322. The second-order valence-electron chi connectivity index (χ2n) is 3.54. The zero-order valence-corrected chi connectivity index (χ0v) is 9.46. The number of hydrogen-bond donors (Lipinski definition) is 2. The fourth-order valence-corrected chi connectivity index (χ4v) is 1.54. The molecule has 0 amide bonds. The van der Waals surface area contributed by atoms with Crippen LogP contribution in [0.15, 0.2) is 5.16 Å². The van der Waals surface area contributed by atoms with Crippen LogP contribution in [0.25, 0.3) is 0 Å². The largest absolute Gasteiger partial charge is 0.409 e. The van der Waals surface area contributed by atoms with Crippen LogP contribution >= 0.6 is 0 Å². The third kappa shape index (κ3) is 5.79. The number of oxime groups is 1. The van der Waals surface area contributed by atoms with Gasteiger partial charge in [0, 0.05) is 12.5 Å². The first-order chi connectivity index (χ1) is 7.34. The summed E-state index contributed by atoms with van der Waals surface area (Å²) in [6.45, 7) is 2.73. The fraction of sp³-hybridized carbons (Fsp3) is 0.889. The summed E-state index contributed by atoms with van der Waals surface area (Å²) in [6.07, 6.45) is -3.58. The van der Waals surface area contributed by atoms with E-state index in [1.165, 1.54) is 4.90 Å². The molecule has 4 nitrogen and oxygen atoms in total. The van der Waals surface area contributed by atoms with Gasteiger partial charge < -0.3 is 10.9 Å². The highest BCUT2D eigenvalue weighted by molar-refractivity contribution is 5.80. The molecule has 0 aliphatic heterocycles. The Bertz CT molecular complexity index is 231. The molecule has 0 bridgehead atoms. The van der Waals surface area contributed by atoms with E-state index >= 15 is 0 Å². The normalized spacial score (nSPS) is 15.5. The average Bonchev–Trinajstić information content (AvgIpc) is 2.21. The second kappa shape index (κ2) is 6.57. The van der Waals surface area contributed by atoms with E-state index in [0.29, 0.717) is 6.42 Å². The van der Waals surface area contributed by atoms with Gasteiger partial charge in [-0.25, -0.2) is 0 Å². The van der Waals surface area contributed by atoms with E-state index in [0.717, 1.165) is 0 Å². The van der Waals surface area contributed by atoms with Gasteiger partial charge in [0.15, 0.2) is 0 Å². The first-order valence-electron chi connectivity index (χ1n) is 5.11. The predicted molar refractivity (Wildman–Crippen MR) is 55.4 cm³/mol. The van der Waals surface area contributed by atoms with Crippen LogP contribution in [0, 0.1) is 0 Å². The van der Waals surface area contributed by atoms with Gasteiger partial charge in [-0.1, -0.05) is 19.0 Å². The third-order valence-electron chi connectivity index (χ3n) is 2.35. The Labute approximate surface area is 92.9 Å². The molecular formula is C9H18F3N3O. The molecule has 0 aromatic carbocycles. The molecule has 7 heteroatoms. The molecule has 16 heavy (non-hydrogen) atoms. The van der Waals surface area contributed by atoms with E-state index in [4.69, 9.17) is 10.9 Å². The second-order valence-corrected chi connectivity index (χ2v) is 3.54. The Balaban J connectivity index is 4.50. The van der Waals surface area contributed by atoms with Crippen molar-refractivity contribution in [3.8, 4) is 0 Å². The zero-order valence-electron chi connectivity index (χ0n) is 9.46. The van der Waals surface area contributed by atoms with Crippen molar-refractivity contribution in [1.82, 2.24) is 4.90 Å². The van der Waals surface area contributed by atoms with E-state index in [1.807, 2.05) is 0 Å². The molecule has 0 aromatic heterocycles. The standard InChI is InChI=1S/C9H18F3N3O/c1-3-7(5-8(13)14-16)15(4-2)6-9(10,11)12/h7,16H,3-6H2,1-2H3,(H2,13,14). The number of nitrogens with two attached hydrogens (primary N) is 1. The topological polar surface area (TPSA) is 61.9 Å². The van der Waals surface area contributed by atoms with Crippen LogP contribution in [0.4, 0.5) is 13.2 Å². The van der Waals surface area contributed by atoms with Crippen molar-refractivity contribution in [3.05, 3.63) is 0 Å². The summed E-state index contributed by atoms with van der Waals surface area (Å²) in [5, 5.41) is 11.2. The Kier molecular flexibility index (Phi) is 6.17. The van der Waals surface area contributed by atoms with Crippen molar-refractivity contribution in [1.29, 1.82) is 0 Å². The number of rotatable bonds is 6. The Hall–Kier alpha value is -0.980. The van der Waals surface area contributed by atoms with Crippen LogP contribution < -0.4 is 5.73 Å². The van der Waals surface area contributed by atoms with Gasteiger partial charge >= 0.3 is 6.18 Å². The molecule has 3 N–H and O–H groups in total. The molecule has 1 unspecified atom stereocenters. The Morgan fingerprint density at radius 2 is 2.00 bits per heavy atom. The van der Waals surface area contributed by atoms with Gasteiger partial charge in [-0.05, 0) is 13.0 Å². The van der Waals surface area contributed by atoms with Gasteiger partial charge in [-0.3, -0.25) is 4.90 Å². The molecule has 0 aliphatic rings. The van der Waals surface area contributed by atoms with Crippen molar-refractivity contribution < 1.29 is 18.4 Å². The van der Waals surface area contributed by atoms with E-state index < -0.39 is 12.7 Å². The minimum absolute atomic E-state index is 0.0486. The van der Waals surface area contributed by atoms with Crippen LogP contribution in [-0.2, 0) is 0 Å².